The van der Waals surface area contributed by atoms with Crippen LogP contribution in [0.3, 0.4) is 0 Å². The van der Waals surface area contributed by atoms with Gasteiger partial charge in [-0.05, 0) is 42.0 Å². The first kappa shape index (κ1) is 22.1. The average Bonchev–Trinajstić information content (AvgIpc) is 3.34. The van der Waals surface area contributed by atoms with Gasteiger partial charge in [-0.15, -0.1) is 0 Å². The van der Waals surface area contributed by atoms with Crippen LogP contribution in [-0.4, -0.2) is 39.8 Å². The maximum absolute atomic E-state index is 13.0. The second-order valence-corrected chi connectivity index (χ2v) is 10.0. The van der Waals surface area contributed by atoms with Gasteiger partial charge in [-0.1, -0.05) is 6.07 Å². The lowest BCUT2D eigenvalue weighted by molar-refractivity contribution is -0.215. The number of anilines is 1. The maximum atomic E-state index is 13.0. The van der Waals surface area contributed by atoms with Crippen LogP contribution in [0.1, 0.15) is 5.56 Å². The minimum absolute atomic E-state index is 0.140. The summed E-state index contributed by atoms with van der Waals surface area (Å²) in [4.78, 5) is 23.7. The Hall–Kier alpha value is -4.35. The van der Waals surface area contributed by atoms with Crippen molar-refractivity contribution in [2.24, 2.45) is 7.05 Å². The van der Waals surface area contributed by atoms with Gasteiger partial charge in [-0.2, -0.15) is 9.99 Å². The molecule has 3 aromatic heterocycles. The molecule has 0 saturated heterocycles. The normalized spacial score (nSPS) is 13.2. The number of nitrogens with one attached hydrogen (secondary N) is 1. The fourth-order valence-corrected chi connectivity index (χ4v) is 5.09. The van der Waals surface area contributed by atoms with Gasteiger partial charge in [0, 0.05) is 42.6 Å². The van der Waals surface area contributed by atoms with Gasteiger partial charge in [0.15, 0.2) is 5.75 Å². The molecule has 0 radical (unpaired) electrons. The van der Waals surface area contributed by atoms with Crippen LogP contribution in [0.15, 0.2) is 78.3 Å². The Morgan fingerprint density at radius 1 is 0.944 bits per heavy atom. The SMILES string of the molecule is Cn1cc(-c2cnc3ccc(-c4cncc(NS(=O)(=O)c5ccc6c(c5)CCOO6)c4)cc3n2)cn1. The van der Waals surface area contributed by atoms with Crippen molar-refractivity contribution in [1.82, 2.24) is 24.7 Å². The number of rotatable bonds is 5. The van der Waals surface area contributed by atoms with Crippen molar-refractivity contribution in [3.63, 3.8) is 0 Å². The van der Waals surface area contributed by atoms with Gasteiger partial charge < -0.3 is 4.89 Å². The highest BCUT2D eigenvalue weighted by atomic mass is 32.2. The summed E-state index contributed by atoms with van der Waals surface area (Å²) in [6, 6.07) is 12.1. The molecule has 0 unspecified atom stereocenters. The predicted molar refractivity (Wildman–Crippen MR) is 133 cm³/mol. The third kappa shape index (κ3) is 4.25. The van der Waals surface area contributed by atoms with E-state index >= 15 is 0 Å². The zero-order chi connectivity index (χ0) is 24.7. The second-order valence-electron chi connectivity index (χ2n) is 8.35. The lowest BCUT2D eigenvalue weighted by Gasteiger charge is -2.16. The van der Waals surface area contributed by atoms with E-state index < -0.39 is 10.0 Å². The van der Waals surface area contributed by atoms with E-state index in [0.717, 1.165) is 33.5 Å². The van der Waals surface area contributed by atoms with Crippen molar-refractivity contribution in [2.45, 2.75) is 11.3 Å². The van der Waals surface area contributed by atoms with E-state index in [4.69, 9.17) is 14.8 Å². The first-order valence-electron chi connectivity index (χ1n) is 11.1. The number of nitrogens with zero attached hydrogens (tertiary/aromatic N) is 5. The Labute approximate surface area is 206 Å². The molecule has 1 aliphatic heterocycles. The van der Waals surface area contributed by atoms with Gasteiger partial charge in [0.2, 0.25) is 0 Å². The summed E-state index contributed by atoms with van der Waals surface area (Å²) >= 11 is 0. The van der Waals surface area contributed by atoms with Crippen LogP contribution in [-0.2, 0) is 28.4 Å². The summed E-state index contributed by atoms with van der Waals surface area (Å²) in [5.41, 5.74) is 5.74. The van der Waals surface area contributed by atoms with E-state index in [1.165, 1.54) is 12.3 Å². The largest absolute Gasteiger partial charge is 0.337 e. The van der Waals surface area contributed by atoms with E-state index in [9.17, 15) is 8.42 Å². The van der Waals surface area contributed by atoms with Crippen LogP contribution in [0, 0.1) is 0 Å². The molecule has 10 nitrogen and oxygen atoms in total. The summed E-state index contributed by atoms with van der Waals surface area (Å²) in [6.07, 6.45) is 9.05. The molecule has 0 atom stereocenters. The van der Waals surface area contributed by atoms with Crippen LogP contribution >= 0.6 is 0 Å². The maximum Gasteiger partial charge on any atom is 0.261 e. The smallest absolute Gasteiger partial charge is 0.261 e. The molecule has 6 rings (SSSR count). The van der Waals surface area contributed by atoms with Crippen LogP contribution in [0.25, 0.3) is 33.4 Å². The summed E-state index contributed by atoms with van der Waals surface area (Å²) in [7, 11) is -1.98. The quantitative estimate of drug-likeness (QED) is 0.362. The first-order chi connectivity index (χ1) is 17.4. The number of pyridine rings is 1. The molecular weight excluding hydrogens is 480 g/mol. The predicted octanol–water partition coefficient (Wildman–Crippen LogP) is 3.76. The fourth-order valence-electron chi connectivity index (χ4n) is 4.01. The van der Waals surface area contributed by atoms with Gasteiger partial charge in [-0.25, -0.2) is 13.4 Å². The minimum Gasteiger partial charge on any atom is -0.337 e. The molecule has 0 spiro atoms. The number of aromatic nitrogens is 5. The third-order valence-corrected chi connectivity index (χ3v) is 7.19. The van der Waals surface area contributed by atoms with Gasteiger partial charge in [-0.3, -0.25) is 19.4 Å². The van der Waals surface area contributed by atoms with Gasteiger partial charge in [0.25, 0.3) is 10.0 Å². The molecule has 1 aliphatic rings. The average molecular weight is 501 g/mol. The molecule has 1 N–H and O–H groups in total. The number of benzene rings is 2. The van der Waals surface area contributed by atoms with Crippen molar-refractivity contribution < 1.29 is 18.2 Å². The molecule has 0 fully saturated rings. The summed E-state index contributed by atoms with van der Waals surface area (Å²) in [6.45, 7) is 0.371. The fraction of sp³-hybridized carbons (Fsp3) is 0.120. The minimum atomic E-state index is -3.83. The monoisotopic (exact) mass is 500 g/mol. The van der Waals surface area contributed by atoms with Crippen molar-refractivity contribution in [1.29, 1.82) is 0 Å². The molecule has 36 heavy (non-hydrogen) atoms. The van der Waals surface area contributed by atoms with E-state index in [-0.39, 0.29) is 4.90 Å². The highest BCUT2D eigenvalue weighted by Gasteiger charge is 2.20. The highest BCUT2D eigenvalue weighted by molar-refractivity contribution is 7.92. The third-order valence-electron chi connectivity index (χ3n) is 5.81. The van der Waals surface area contributed by atoms with Crippen LogP contribution < -0.4 is 9.61 Å². The Bertz CT molecular complexity index is 1720. The van der Waals surface area contributed by atoms with Crippen molar-refractivity contribution >= 4 is 26.7 Å². The standard InChI is InChI=1S/C25H20N6O4S/c1-31-15-19(12-28-31)24-14-27-22-4-2-16(10-23(22)29-24)18-8-20(13-26-11-18)30-36(32,33)21-3-5-25-17(9-21)6-7-34-35-25/h2-5,8-15,30H,6-7H2,1H3. The van der Waals surface area contributed by atoms with Gasteiger partial charge in [0.05, 0.1) is 52.5 Å². The number of hydrogen-bond acceptors (Lipinski definition) is 8. The van der Waals surface area contributed by atoms with Crippen LogP contribution in [0.2, 0.25) is 0 Å². The molecule has 5 aromatic rings. The molecule has 11 heteroatoms. The van der Waals surface area contributed by atoms with Crippen molar-refractivity contribution in [3.05, 3.63) is 79.0 Å². The Balaban J connectivity index is 1.30. The van der Waals surface area contributed by atoms with E-state index in [1.54, 1.807) is 41.5 Å². The summed E-state index contributed by atoms with van der Waals surface area (Å²) < 4.78 is 30.4. The van der Waals surface area contributed by atoms with Crippen LogP contribution in [0.4, 0.5) is 5.69 Å². The lowest BCUT2D eigenvalue weighted by Crippen LogP contribution is -2.16. The zero-order valence-corrected chi connectivity index (χ0v) is 19.9. The van der Waals surface area contributed by atoms with Crippen molar-refractivity contribution in [3.8, 4) is 28.1 Å². The van der Waals surface area contributed by atoms with E-state index in [1.807, 2.05) is 31.4 Å². The Kier molecular flexibility index (Phi) is 5.35. The summed E-state index contributed by atoms with van der Waals surface area (Å²) in [5.74, 6) is 0.523. The summed E-state index contributed by atoms with van der Waals surface area (Å²) in [5, 5.41) is 4.19. The van der Waals surface area contributed by atoms with Crippen LogP contribution in [0.5, 0.6) is 5.75 Å². The Morgan fingerprint density at radius 2 is 1.86 bits per heavy atom. The second kappa shape index (κ2) is 8.70. The topological polar surface area (TPSA) is 121 Å². The van der Waals surface area contributed by atoms with Gasteiger partial charge in [0.1, 0.15) is 0 Å². The molecular formula is C25H20N6O4S. The Morgan fingerprint density at radius 3 is 2.72 bits per heavy atom. The van der Waals surface area contributed by atoms with E-state index in [2.05, 4.69) is 19.8 Å². The highest BCUT2D eigenvalue weighted by Crippen LogP contribution is 2.29. The lowest BCUT2D eigenvalue weighted by atomic mass is 10.1. The molecule has 0 amide bonds. The zero-order valence-electron chi connectivity index (χ0n) is 19.1. The first-order valence-corrected chi connectivity index (χ1v) is 12.6. The molecule has 4 heterocycles. The molecule has 0 bridgehead atoms. The number of fused-ring (bicyclic) bond motifs is 2. The number of aryl methyl sites for hydroxylation is 1. The molecule has 2 aromatic carbocycles. The number of sulfonamides is 1. The van der Waals surface area contributed by atoms with E-state index in [0.29, 0.717) is 30.0 Å². The molecule has 180 valence electrons. The molecule has 0 saturated carbocycles. The number of hydrogen-bond donors (Lipinski definition) is 1. The van der Waals surface area contributed by atoms with Crippen molar-refractivity contribution in [2.75, 3.05) is 11.3 Å². The molecule has 0 aliphatic carbocycles. The van der Waals surface area contributed by atoms with Gasteiger partial charge >= 0.3 is 0 Å².